The summed E-state index contributed by atoms with van der Waals surface area (Å²) in [7, 11) is 4.09. The fraction of sp³-hybridized carbons (Fsp3) is 0.538. The van der Waals surface area contributed by atoms with Crippen LogP contribution >= 0.6 is 0 Å². The molecule has 1 N–H and O–H groups in total. The zero-order valence-electron chi connectivity index (χ0n) is 11.8. The van der Waals surface area contributed by atoms with Gasteiger partial charge >= 0.3 is 0 Å². The van der Waals surface area contributed by atoms with E-state index in [9.17, 15) is 4.79 Å². The van der Waals surface area contributed by atoms with Crippen molar-refractivity contribution in [2.24, 2.45) is 0 Å². The number of nitrogens with zero attached hydrogens (tertiary/aromatic N) is 4. The minimum absolute atomic E-state index is 0.0116. The molecule has 6 heteroatoms. The van der Waals surface area contributed by atoms with Gasteiger partial charge in [0.05, 0.1) is 5.69 Å². The lowest BCUT2D eigenvalue weighted by molar-refractivity contribution is 0.397. The monoisotopic (exact) mass is 263 g/mol. The van der Waals surface area contributed by atoms with Gasteiger partial charge in [0.15, 0.2) is 0 Å². The Balaban J connectivity index is 1.97. The van der Waals surface area contributed by atoms with Crippen molar-refractivity contribution in [1.29, 1.82) is 0 Å². The first kappa shape index (κ1) is 13.8. The third-order valence-electron chi connectivity index (χ3n) is 2.99. The maximum absolute atomic E-state index is 12.2. The average molecular weight is 263 g/mol. The summed E-state index contributed by atoms with van der Waals surface area (Å²) in [4.78, 5) is 14.3. The van der Waals surface area contributed by atoms with E-state index in [1.165, 1.54) is 0 Å². The Kier molecular flexibility index (Phi) is 4.34. The van der Waals surface area contributed by atoms with Crippen LogP contribution in [0.5, 0.6) is 0 Å². The molecular weight excluding hydrogens is 242 g/mol. The maximum Gasteiger partial charge on any atom is 0.276 e. The molecule has 0 saturated heterocycles. The number of hydrogen-bond acceptors (Lipinski definition) is 4. The van der Waals surface area contributed by atoms with Crippen molar-refractivity contribution in [3.05, 3.63) is 34.5 Å². The maximum atomic E-state index is 12.2. The second kappa shape index (κ2) is 5.99. The van der Waals surface area contributed by atoms with E-state index < -0.39 is 0 Å². The van der Waals surface area contributed by atoms with Gasteiger partial charge in [-0.05, 0) is 27.1 Å². The van der Waals surface area contributed by atoms with Crippen LogP contribution in [0.2, 0.25) is 0 Å². The summed E-state index contributed by atoms with van der Waals surface area (Å²) in [5, 5.41) is 7.55. The molecule has 0 aliphatic carbocycles. The SMILES string of the molecule is Cc1cc2c(=O)n(CCNCCN(C)C)ccn2n1. The molecule has 0 aliphatic rings. The van der Waals surface area contributed by atoms with E-state index in [4.69, 9.17) is 0 Å². The molecule has 2 aromatic heterocycles. The fourth-order valence-electron chi connectivity index (χ4n) is 1.95. The second-order valence-electron chi connectivity index (χ2n) is 4.97. The molecule has 0 unspecified atom stereocenters. The third kappa shape index (κ3) is 3.42. The van der Waals surface area contributed by atoms with Crippen molar-refractivity contribution < 1.29 is 0 Å². The highest BCUT2D eigenvalue weighted by atomic mass is 16.1. The number of rotatable bonds is 6. The molecule has 0 aromatic carbocycles. The lowest BCUT2D eigenvalue weighted by Gasteiger charge is -2.11. The van der Waals surface area contributed by atoms with Gasteiger partial charge < -0.3 is 14.8 Å². The Morgan fingerprint density at radius 2 is 2.11 bits per heavy atom. The number of hydrogen-bond donors (Lipinski definition) is 1. The molecular formula is C13H21N5O. The Labute approximate surface area is 112 Å². The summed E-state index contributed by atoms with van der Waals surface area (Å²) in [6, 6.07) is 1.82. The first-order valence-corrected chi connectivity index (χ1v) is 6.49. The van der Waals surface area contributed by atoms with Crippen molar-refractivity contribution in [2.45, 2.75) is 13.5 Å². The quantitative estimate of drug-likeness (QED) is 0.743. The minimum atomic E-state index is 0.0116. The fourth-order valence-corrected chi connectivity index (χ4v) is 1.95. The van der Waals surface area contributed by atoms with Gasteiger partial charge in [0, 0.05) is 38.6 Å². The highest BCUT2D eigenvalue weighted by Gasteiger charge is 2.04. The molecule has 2 aromatic rings. The lowest BCUT2D eigenvalue weighted by Crippen LogP contribution is -2.31. The molecule has 2 heterocycles. The third-order valence-corrected chi connectivity index (χ3v) is 2.99. The summed E-state index contributed by atoms with van der Waals surface area (Å²) < 4.78 is 3.35. The van der Waals surface area contributed by atoms with Crippen LogP contribution in [0.3, 0.4) is 0 Å². The second-order valence-corrected chi connectivity index (χ2v) is 4.97. The van der Waals surface area contributed by atoms with E-state index in [1.54, 1.807) is 15.3 Å². The molecule has 19 heavy (non-hydrogen) atoms. The predicted octanol–water partition coefficient (Wildman–Crippen LogP) is -0.0444. The van der Waals surface area contributed by atoms with Gasteiger partial charge in [-0.3, -0.25) is 4.79 Å². The Morgan fingerprint density at radius 1 is 1.32 bits per heavy atom. The van der Waals surface area contributed by atoms with E-state index in [1.807, 2.05) is 33.3 Å². The average Bonchev–Trinajstić information content (AvgIpc) is 2.73. The van der Waals surface area contributed by atoms with Crippen LogP contribution in [0, 0.1) is 6.92 Å². The topological polar surface area (TPSA) is 54.6 Å². The molecule has 0 aliphatic heterocycles. The van der Waals surface area contributed by atoms with E-state index in [0.717, 1.165) is 25.3 Å². The summed E-state index contributed by atoms with van der Waals surface area (Å²) in [6.45, 7) is 5.27. The van der Waals surface area contributed by atoms with Crippen molar-refractivity contribution in [3.63, 3.8) is 0 Å². The largest absolute Gasteiger partial charge is 0.314 e. The van der Waals surface area contributed by atoms with Crippen LogP contribution in [-0.4, -0.2) is 52.8 Å². The summed E-state index contributed by atoms with van der Waals surface area (Å²) in [6.07, 6.45) is 3.61. The van der Waals surface area contributed by atoms with Crippen LogP contribution in [0.25, 0.3) is 5.52 Å². The van der Waals surface area contributed by atoms with Gasteiger partial charge in [0.2, 0.25) is 0 Å². The Bertz CT molecular complexity index is 599. The molecule has 6 nitrogen and oxygen atoms in total. The number of likely N-dealkylation sites (N-methyl/N-ethyl adjacent to an activating group) is 1. The normalized spacial score (nSPS) is 11.6. The summed E-state index contributed by atoms with van der Waals surface area (Å²) in [5.41, 5.74) is 1.50. The zero-order valence-corrected chi connectivity index (χ0v) is 11.8. The zero-order chi connectivity index (χ0) is 13.8. The van der Waals surface area contributed by atoms with Crippen molar-refractivity contribution in [2.75, 3.05) is 33.7 Å². The van der Waals surface area contributed by atoms with Gasteiger partial charge in [0.1, 0.15) is 5.52 Å². The molecule has 0 spiro atoms. The highest BCUT2D eigenvalue weighted by molar-refractivity contribution is 5.44. The number of aromatic nitrogens is 3. The molecule has 0 amide bonds. The molecule has 0 bridgehead atoms. The van der Waals surface area contributed by atoms with Gasteiger partial charge in [-0.25, -0.2) is 4.52 Å². The summed E-state index contributed by atoms with van der Waals surface area (Å²) in [5.74, 6) is 0. The Hall–Kier alpha value is -1.66. The standard InChI is InChI=1S/C13H21N5O/c1-11-10-12-13(19)17(8-9-18(12)15-11)7-5-14-4-6-16(2)3/h8-10,14H,4-7H2,1-3H3. The van der Waals surface area contributed by atoms with E-state index >= 15 is 0 Å². The van der Waals surface area contributed by atoms with Crippen molar-refractivity contribution in [1.82, 2.24) is 24.4 Å². The molecule has 2 rings (SSSR count). The molecule has 104 valence electrons. The van der Waals surface area contributed by atoms with Gasteiger partial charge in [-0.2, -0.15) is 5.10 Å². The molecule has 0 radical (unpaired) electrons. The number of nitrogens with one attached hydrogen (secondary N) is 1. The smallest absolute Gasteiger partial charge is 0.276 e. The number of aryl methyl sites for hydroxylation is 1. The first-order chi connectivity index (χ1) is 9.08. The first-order valence-electron chi connectivity index (χ1n) is 6.49. The van der Waals surface area contributed by atoms with Crippen molar-refractivity contribution in [3.8, 4) is 0 Å². The van der Waals surface area contributed by atoms with Gasteiger partial charge in [-0.1, -0.05) is 0 Å². The van der Waals surface area contributed by atoms with Gasteiger partial charge in [-0.15, -0.1) is 0 Å². The van der Waals surface area contributed by atoms with Crippen LogP contribution in [0.15, 0.2) is 23.3 Å². The highest BCUT2D eigenvalue weighted by Crippen LogP contribution is 1.99. The van der Waals surface area contributed by atoms with Crippen molar-refractivity contribution >= 4 is 5.52 Å². The van der Waals surface area contributed by atoms with Crippen LogP contribution in [-0.2, 0) is 6.54 Å². The van der Waals surface area contributed by atoms with Crippen LogP contribution in [0.4, 0.5) is 0 Å². The van der Waals surface area contributed by atoms with Crippen LogP contribution in [0.1, 0.15) is 5.69 Å². The summed E-state index contributed by atoms with van der Waals surface area (Å²) >= 11 is 0. The Morgan fingerprint density at radius 3 is 2.84 bits per heavy atom. The van der Waals surface area contributed by atoms with E-state index in [0.29, 0.717) is 12.1 Å². The minimum Gasteiger partial charge on any atom is -0.314 e. The van der Waals surface area contributed by atoms with Crippen LogP contribution < -0.4 is 10.9 Å². The number of fused-ring (bicyclic) bond motifs is 1. The lowest BCUT2D eigenvalue weighted by atomic mass is 10.4. The molecule has 0 saturated carbocycles. The molecule has 0 atom stereocenters. The molecule has 0 fully saturated rings. The predicted molar refractivity (Wildman–Crippen MR) is 75.6 cm³/mol. The van der Waals surface area contributed by atoms with E-state index in [-0.39, 0.29) is 5.56 Å². The van der Waals surface area contributed by atoms with Gasteiger partial charge in [0.25, 0.3) is 5.56 Å². The van der Waals surface area contributed by atoms with E-state index in [2.05, 4.69) is 15.3 Å².